The molecule has 0 radical (unpaired) electrons. The molecule has 1 unspecified atom stereocenters. The van der Waals surface area contributed by atoms with E-state index in [0.29, 0.717) is 26.1 Å². The monoisotopic (exact) mass is 427 g/mol. The van der Waals surface area contributed by atoms with E-state index in [2.05, 4.69) is 13.8 Å². The molecule has 0 aliphatic carbocycles. The second-order valence-corrected chi connectivity index (χ2v) is 8.48. The van der Waals surface area contributed by atoms with Crippen molar-refractivity contribution in [2.24, 2.45) is 5.73 Å². The highest BCUT2D eigenvalue weighted by Gasteiger charge is 2.14. The molecule has 2 N–H and O–H groups in total. The second-order valence-electron chi connectivity index (χ2n) is 8.48. The molecule has 0 heterocycles. The van der Waals surface area contributed by atoms with Crippen LogP contribution in [0.2, 0.25) is 0 Å². The molecule has 0 aromatic rings. The Morgan fingerprint density at radius 2 is 1.10 bits per heavy atom. The van der Waals surface area contributed by atoms with E-state index in [4.69, 9.17) is 15.2 Å². The SMILES string of the molecule is CCCCCCCCCCCOC(=O)CCCCCOC(=O)C(N)CCCCCC. The summed E-state index contributed by atoms with van der Waals surface area (Å²) < 4.78 is 10.5. The normalized spacial score (nSPS) is 12.0. The molecule has 0 saturated heterocycles. The van der Waals surface area contributed by atoms with Crippen molar-refractivity contribution in [3.63, 3.8) is 0 Å². The largest absolute Gasteiger partial charge is 0.466 e. The third-order valence-electron chi connectivity index (χ3n) is 5.45. The van der Waals surface area contributed by atoms with Gasteiger partial charge in [-0.2, -0.15) is 0 Å². The van der Waals surface area contributed by atoms with Gasteiger partial charge in [-0.25, -0.2) is 0 Å². The number of esters is 2. The van der Waals surface area contributed by atoms with Gasteiger partial charge in [-0.05, 0) is 32.1 Å². The van der Waals surface area contributed by atoms with Gasteiger partial charge in [0.2, 0.25) is 0 Å². The standard InChI is InChI=1S/C25H49NO4/c1-3-5-7-9-10-11-12-13-17-21-29-24(27)20-16-14-18-22-30-25(28)23(26)19-15-8-6-4-2/h23H,3-22,26H2,1-2H3. The van der Waals surface area contributed by atoms with E-state index in [1.165, 1.54) is 57.8 Å². The average Bonchev–Trinajstić information content (AvgIpc) is 2.74. The first kappa shape index (κ1) is 28.9. The van der Waals surface area contributed by atoms with Gasteiger partial charge in [0.1, 0.15) is 6.04 Å². The van der Waals surface area contributed by atoms with E-state index in [0.717, 1.165) is 44.9 Å². The third kappa shape index (κ3) is 20.2. The Morgan fingerprint density at radius 3 is 1.70 bits per heavy atom. The van der Waals surface area contributed by atoms with Crippen molar-refractivity contribution < 1.29 is 19.1 Å². The maximum atomic E-state index is 11.8. The zero-order chi connectivity index (χ0) is 22.3. The highest BCUT2D eigenvalue weighted by Crippen LogP contribution is 2.10. The molecule has 1 atom stereocenters. The molecule has 0 amide bonds. The van der Waals surface area contributed by atoms with Crippen molar-refractivity contribution in [2.45, 2.75) is 135 Å². The predicted molar refractivity (Wildman–Crippen MR) is 124 cm³/mol. The Bertz CT molecular complexity index is 401. The summed E-state index contributed by atoms with van der Waals surface area (Å²) in [5.41, 5.74) is 5.85. The molecular formula is C25H49NO4. The summed E-state index contributed by atoms with van der Waals surface area (Å²) in [4.78, 5) is 23.5. The Kier molecular flexibility index (Phi) is 21.8. The summed E-state index contributed by atoms with van der Waals surface area (Å²) in [6, 6.07) is -0.502. The summed E-state index contributed by atoms with van der Waals surface area (Å²) >= 11 is 0. The lowest BCUT2D eigenvalue weighted by molar-refractivity contribution is -0.146. The fraction of sp³-hybridized carbons (Fsp3) is 0.920. The molecule has 0 fully saturated rings. The molecule has 0 rings (SSSR count). The van der Waals surface area contributed by atoms with Crippen LogP contribution >= 0.6 is 0 Å². The number of hydrogen-bond acceptors (Lipinski definition) is 5. The van der Waals surface area contributed by atoms with E-state index in [-0.39, 0.29) is 11.9 Å². The quantitative estimate of drug-likeness (QED) is 0.158. The van der Waals surface area contributed by atoms with E-state index in [1.54, 1.807) is 0 Å². The van der Waals surface area contributed by atoms with Crippen molar-refractivity contribution in [1.82, 2.24) is 0 Å². The minimum absolute atomic E-state index is 0.110. The fourth-order valence-corrected chi connectivity index (χ4v) is 3.41. The minimum atomic E-state index is -0.502. The molecule has 0 aliphatic rings. The smallest absolute Gasteiger partial charge is 0.322 e. The van der Waals surface area contributed by atoms with Gasteiger partial charge in [0.15, 0.2) is 0 Å². The van der Waals surface area contributed by atoms with E-state index < -0.39 is 6.04 Å². The van der Waals surface area contributed by atoms with Gasteiger partial charge in [0.05, 0.1) is 13.2 Å². The van der Waals surface area contributed by atoms with Crippen LogP contribution < -0.4 is 5.73 Å². The maximum Gasteiger partial charge on any atom is 0.322 e. The minimum Gasteiger partial charge on any atom is -0.466 e. The average molecular weight is 428 g/mol. The topological polar surface area (TPSA) is 78.6 Å². The van der Waals surface area contributed by atoms with Crippen LogP contribution in [0.25, 0.3) is 0 Å². The lowest BCUT2D eigenvalue weighted by Gasteiger charge is -2.11. The van der Waals surface area contributed by atoms with Crippen molar-refractivity contribution in [1.29, 1.82) is 0 Å². The predicted octanol–water partition coefficient (Wildman–Crippen LogP) is 6.46. The van der Waals surface area contributed by atoms with Crippen molar-refractivity contribution >= 4 is 11.9 Å². The maximum absolute atomic E-state index is 11.8. The van der Waals surface area contributed by atoms with Gasteiger partial charge in [-0.15, -0.1) is 0 Å². The number of rotatable bonds is 22. The Morgan fingerprint density at radius 1 is 0.633 bits per heavy atom. The molecular weight excluding hydrogens is 378 g/mol. The highest BCUT2D eigenvalue weighted by molar-refractivity contribution is 5.75. The number of ether oxygens (including phenoxy) is 2. The summed E-state index contributed by atoms with van der Waals surface area (Å²) in [5.74, 6) is -0.410. The van der Waals surface area contributed by atoms with Crippen LogP contribution in [0.3, 0.4) is 0 Å². The lowest BCUT2D eigenvalue weighted by Crippen LogP contribution is -2.32. The Labute approximate surface area is 185 Å². The van der Waals surface area contributed by atoms with Gasteiger partial charge in [-0.3, -0.25) is 9.59 Å². The molecule has 5 nitrogen and oxygen atoms in total. The zero-order valence-corrected chi connectivity index (χ0v) is 19.9. The molecule has 0 aliphatic heterocycles. The van der Waals surface area contributed by atoms with E-state index >= 15 is 0 Å². The number of carbonyl (C=O) groups is 2. The first-order valence-electron chi connectivity index (χ1n) is 12.7. The van der Waals surface area contributed by atoms with E-state index in [1.807, 2.05) is 0 Å². The molecule has 0 bridgehead atoms. The van der Waals surface area contributed by atoms with Crippen LogP contribution in [0, 0.1) is 0 Å². The summed E-state index contributed by atoms with van der Waals surface area (Å²) in [6.07, 6.45) is 19.3. The first-order chi connectivity index (χ1) is 14.6. The Hall–Kier alpha value is -1.10. The van der Waals surface area contributed by atoms with Gasteiger partial charge in [0.25, 0.3) is 0 Å². The van der Waals surface area contributed by atoms with Crippen LogP contribution in [0.4, 0.5) is 0 Å². The van der Waals surface area contributed by atoms with Crippen LogP contribution in [0.15, 0.2) is 0 Å². The van der Waals surface area contributed by atoms with Crippen LogP contribution in [0.1, 0.15) is 129 Å². The van der Waals surface area contributed by atoms with Crippen LogP contribution in [-0.4, -0.2) is 31.2 Å². The Balaban J connectivity index is 3.38. The summed E-state index contributed by atoms with van der Waals surface area (Å²) in [6.45, 7) is 5.33. The van der Waals surface area contributed by atoms with E-state index in [9.17, 15) is 9.59 Å². The number of hydrogen-bond donors (Lipinski definition) is 1. The molecule has 30 heavy (non-hydrogen) atoms. The van der Waals surface area contributed by atoms with Crippen molar-refractivity contribution in [2.75, 3.05) is 13.2 Å². The summed E-state index contributed by atoms with van der Waals surface area (Å²) in [5, 5.41) is 0. The molecule has 0 saturated carbocycles. The van der Waals surface area contributed by atoms with Crippen LogP contribution in [-0.2, 0) is 19.1 Å². The molecule has 0 aromatic carbocycles. The van der Waals surface area contributed by atoms with Crippen LogP contribution in [0.5, 0.6) is 0 Å². The number of carbonyl (C=O) groups excluding carboxylic acids is 2. The zero-order valence-electron chi connectivity index (χ0n) is 19.9. The first-order valence-corrected chi connectivity index (χ1v) is 12.7. The number of nitrogens with two attached hydrogens (primary N) is 1. The van der Waals surface area contributed by atoms with Gasteiger partial charge in [-0.1, -0.05) is 90.9 Å². The van der Waals surface area contributed by atoms with Gasteiger partial charge >= 0.3 is 11.9 Å². The molecule has 0 aromatic heterocycles. The summed E-state index contributed by atoms with van der Waals surface area (Å²) in [7, 11) is 0. The fourth-order valence-electron chi connectivity index (χ4n) is 3.41. The highest BCUT2D eigenvalue weighted by atomic mass is 16.5. The molecule has 178 valence electrons. The third-order valence-corrected chi connectivity index (χ3v) is 5.45. The lowest BCUT2D eigenvalue weighted by atomic mass is 10.1. The van der Waals surface area contributed by atoms with Gasteiger partial charge < -0.3 is 15.2 Å². The molecule has 0 spiro atoms. The second kappa shape index (κ2) is 22.6. The van der Waals surface area contributed by atoms with Crippen molar-refractivity contribution in [3.05, 3.63) is 0 Å². The van der Waals surface area contributed by atoms with Crippen molar-refractivity contribution in [3.8, 4) is 0 Å². The molecule has 5 heteroatoms. The van der Waals surface area contributed by atoms with Gasteiger partial charge in [0, 0.05) is 6.42 Å². The number of unbranched alkanes of at least 4 members (excludes halogenated alkanes) is 13.